The van der Waals surface area contributed by atoms with Crippen LogP contribution in [0.15, 0.2) is 0 Å². The first-order valence-corrected chi connectivity index (χ1v) is 7.62. The van der Waals surface area contributed by atoms with Gasteiger partial charge in [0, 0.05) is 32.1 Å². The van der Waals surface area contributed by atoms with E-state index in [1.54, 1.807) is 14.3 Å². The van der Waals surface area contributed by atoms with Crippen molar-refractivity contribution in [3.05, 3.63) is 10.8 Å². The first-order valence-electron chi connectivity index (χ1n) is 6.81. The summed E-state index contributed by atoms with van der Waals surface area (Å²) in [4.78, 5) is 27.2. The van der Waals surface area contributed by atoms with Crippen LogP contribution in [0.5, 0.6) is 0 Å². The maximum absolute atomic E-state index is 12.4. The van der Waals surface area contributed by atoms with Crippen LogP contribution in [-0.2, 0) is 4.79 Å². The van der Waals surface area contributed by atoms with E-state index in [1.807, 2.05) is 13.8 Å². The van der Waals surface area contributed by atoms with Gasteiger partial charge in [-0.25, -0.2) is 0 Å². The predicted octanol–water partition coefficient (Wildman–Crippen LogP) is 0.223. The van der Waals surface area contributed by atoms with Gasteiger partial charge in [-0.1, -0.05) is 25.2 Å². The monoisotopic (exact) mass is 308 g/mol. The van der Waals surface area contributed by atoms with Crippen molar-refractivity contribution in [1.82, 2.24) is 29.6 Å². The predicted molar refractivity (Wildman–Crippen MR) is 76.3 cm³/mol. The lowest BCUT2D eigenvalue weighted by atomic mass is 10.2. The largest absolute Gasteiger partial charge is 0.342 e. The maximum atomic E-state index is 12.4. The molecule has 0 aromatic carbocycles. The molecule has 1 aliphatic rings. The summed E-state index contributed by atoms with van der Waals surface area (Å²) >= 11 is 1.25. The van der Waals surface area contributed by atoms with E-state index in [-0.39, 0.29) is 11.8 Å². The molecular weight excluding hydrogens is 292 g/mol. The van der Waals surface area contributed by atoms with Crippen molar-refractivity contribution in [1.29, 1.82) is 0 Å². The van der Waals surface area contributed by atoms with Crippen LogP contribution in [0.1, 0.15) is 35.4 Å². The van der Waals surface area contributed by atoms with Gasteiger partial charge in [0.1, 0.15) is 0 Å². The Morgan fingerprint density at radius 2 is 1.95 bits per heavy atom. The highest BCUT2D eigenvalue weighted by Gasteiger charge is 2.25. The fourth-order valence-electron chi connectivity index (χ4n) is 2.24. The van der Waals surface area contributed by atoms with Gasteiger partial charge in [-0.3, -0.25) is 9.59 Å². The molecule has 0 N–H and O–H groups in total. The number of rotatable bonds is 3. The molecule has 112 valence electrons. The molecule has 3 heterocycles. The summed E-state index contributed by atoms with van der Waals surface area (Å²) < 4.78 is 1.64. The third-order valence-corrected chi connectivity index (χ3v) is 4.35. The molecule has 1 saturated heterocycles. The summed E-state index contributed by atoms with van der Waals surface area (Å²) in [6.07, 6.45) is 0.819. The molecule has 0 spiro atoms. The molecule has 2 amide bonds. The van der Waals surface area contributed by atoms with Crippen LogP contribution in [0.25, 0.3) is 4.96 Å². The number of carbonyl (C=O) groups is 2. The Hall–Kier alpha value is -2.03. The first-order chi connectivity index (χ1) is 10.1. The topological polar surface area (TPSA) is 83.7 Å². The van der Waals surface area contributed by atoms with Crippen LogP contribution < -0.4 is 0 Å². The second kappa shape index (κ2) is 5.40. The van der Waals surface area contributed by atoms with E-state index in [4.69, 9.17) is 0 Å². The van der Waals surface area contributed by atoms with Gasteiger partial charge in [0.2, 0.25) is 16.4 Å². The third kappa shape index (κ3) is 2.48. The van der Waals surface area contributed by atoms with Crippen molar-refractivity contribution in [2.75, 3.05) is 26.2 Å². The molecule has 0 aliphatic carbocycles. The highest BCUT2D eigenvalue weighted by molar-refractivity contribution is 7.18. The van der Waals surface area contributed by atoms with E-state index < -0.39 is 0 Å². The van der Waals surface area contributed by atoms with Crippen molar-refractivity contribution >= 4 is 28.6 Å². The van der Waals surface area contributed by atoms with E-state index >= 15 is 0 Å². The van der Waals surface area contributed by atoms with Gasteiger partial charge in [0.15, 0.2) is 5.82 Å². The minimum atomic E-state index is -0.106. The van der Waals surface area contributed by atoms with Crippen LogP contribution in [0.4, 0.5) is 0 Å². The van der Waals surface area contributed by atoms with Gasteiger partial charge >= 0.3 is 0 Å². The van der Waals surface area contributed by atoms with Gasteiger partial charge in [-0.05, 0) is 0 Å². The smallest absolute Gasteiger partial charge is 0.284 e. The summed E-state index contributed by atoms with van der Waals surface area (Å²) in [5.41, 5.74) is 0. The Labute approximate surface area is 125 Å². The molecule has 21 heavy (non-hydrogen) atoms. The quantitative estimate of drug-likeness (QED) is 0.758. The number of fused-ring (bicyclic) bond motifs is 1. The lowest BCUT2D eigenvalue weighted by Gasteiger charge is -2.31. The van der Waals surface area contributed by atoms with Crippen molar-refractivity contribution in [3.8, 4) is 0 Å². The van der Waals surface area contributed by atoms with Gasteiger partial charge < -0.3 is 9.80 Å². The molecule has 0 saturated carbocycles. The lowest BCUT2D eigenvalue weighted by Crippen LogP contribution is -2.48. The van der Waals surface area contributed by atoms with E-state index in [2.05, 4.69) is 15.3 Å². The molecule has 0 unspecified atom stereocenters. The summed E-state index contributed by atoms with van der Waals surface area (Å²) in [5, 5.41) is 12.9. The Balaban J connectivity index is 1.80. The molecular formula is C12H16N6O2S. The molecule has 1 aliphatic heterocycles. The Morgan fingerprint density at radius 3 is 2.57 bits per heavy atom. The fraction of sp³-hybridized carbons (Fsp3) is 0.583. The molecule has 2 aromatic heterocycles. The van der Waals surface area contributed by atoms with Crippen molar-refractivity contribution in [3.63, 3.8) is 0 Å². The van der Waals surface area contributed by atoms with Crippen molar-refractivity contribution < 1.29 is 9.59 Å². The number of nitrogens with zero attached hydrogens (tertiary/aromatic N) is 6. The SMILES string of the molecule is CC(C)c1nnc2sc(C(=O)N3CCN(C=O)CC3)nn12. The second-order valence-electron chi connectivity index (χ2n) is 5.25. The summed E-state index contributed by atoms with van der Waals surface area (Å²) in [6.45, 7) is 6.22. The molecule has 1 fully saturated rings. The summed E-state index contributed by atoms with van der Waals surface area (Å²) in [6, 6.07) is 0. The van der Waals surface area contributed by atoms with E-state index in [9.17, 15) is 9.59 Å². The van der Waals surface area contributed by atoms with Crippen LogP contribution in [-0.4, -0.2) is 68.1 Å². The number of carbonyl (C=O) groups excluding carboxylic acids is 2. The summed E-state index contributed by atoms with van der Waals surface area (Å²) in [7, 11) is 0. The average Bonchev–Trinajstić information content (AvgIpc) is 3.06. The van der Waals surface area contributed by atoms with Crippen molar-refractivity contribution in [2.45, 2.75) is 19.8 Å². The lowest BCUT2D eigenvalue weighted by molar-refractivity contribution is -0.119. The first kappa shape index (κ1) is 13.9. The molecule has 3 rings (SSSR count). The second-order valence-corrected chi connectivity index (χ2v) is 6.20. The van der Waals surface area contributed by atoms with E-state index in [1.165, 1.54) is 11.3 Å². The van der Waals surface area contributed by atoms with Gasteiger partial charge in [-0.15, -0.1) is 15.3 Å². The summed E-state index contributed by atoms with van der Waals surface area (Å²) in [5.74, 6) is 0.845. The molecule has 2 aromatic rings. The molecule has 0 bridgehead atoms. The minimum absolute atomic E-state index is 0.106. The van der Waals surface area contributed by atoms with Crippen LogP contribution >= 0.6 is 11.3 Å². The minimum Gasteiger partial charge on any atom is -0.342 e. The van der Waals surface area contributed by atoms with Crippen LogP contribution in [0.2, 0.25) is 0 Å². The normalized spacial score (nSPS) is 16.0. The number of aromatic nitrogens is 4. The number of hydrogen-bond acceptors (Lipinski definition) is 6. The van der Waals surface area contributed by atoms with Gasteiger partial charge in [-0.2, -0.15) is 4.52 Å². The van der Waals surface area contributed by atoms with E-state index in [0.29, 0.717) is 36.1 Å². The number of amides is 2. The zero-order valence-corrected chi connectivity index (χ0v) is 12.7. The Morgan fingerprint density at radius 1 is 1.24 bits per heavy atom. The molecule has 0 atom stereocenters. The maximum Gasteiger partial charge on any atom is 0.284 e. The molecule has 8 nitrogen and oxygen atoms in total. The standard InChI is InChI=1S/C12H16N6O2S/c1-8(2)9-13-14-12-18(9)15-10(21-12)11(20)17-5-3-16(7-19)4-6-17/h7-8H,3-6H2,1-2H3. The highest BCUT2D eigenvalue weighted by atomic mass is 32.1. The zero-order valence-electron chi connectivity index (χ0n) is 11.9. The van der Waals surface area contributed by atoms with E-state index in [0.717, 1.165) is 12.2 Å². The van der Waals surface area contributed by atoms with Gasteiger partial charge in [0.05, 0.1) is 0 Å². The Bertz CT molecular complexity index is 670. The van der Waals surface area contributed by atoms with Crippen molar-refractivity contribution in [2.24, 2.45) is 0 Å². The molecule has 9 heteroatoms. The fourth-order valence-corrected chi connectivity index (χ4v) is 3.06. The Kier molecular flexibility index (Phi) is 3.58. The van der Waals surface area contributed by atoms with Gasteiger partial charge in [0.25, 0.3) is 5.91 Å². The van der Waals surface area contributed by atoms with Crippen LogP contribution in [0, 0.1) is 0 Å². The van der Waals surface area contributed by atoms with Crippen LogP contribution in [0.3, 0.4) is 0 Å². The number of piperazine rings is 1. The average molecular weight is 308 g/mol. The third-order valence-electron chi connectivity index (χ3n) is 3.46. The highest BCUT2D eigenvalue weighted by Crippen LogP contribution is 2.20. The number of hydrogen-bond donors (Lipinski definition) is 0. The zero-order chi connectivity index (χ0) is 15.0. The molecule has 0 radical (unpaired) electrons.